The lowest BCUT2D eigenvalue weighted by atomic mass is 10.3. The number of hydrogen-bond acceptors (Lipinski definition) is 3. The molecule has 1 atom stereocenters. The van der Waals surface area contributed by atoms with Gasteiger partial charge in [-0.3, -0.25) is 10.1 Å². The fourth-order valence-electron chi connectivity index (χ4n) is 1.22. The van der Waals surface area contributed by atoms with Crippen LogP contribution in [0.5, 0.6) is 0 Å². The first kappa shape index (κ1) is 11.7. The lowest BCUT2D eigenvalue weighted by Gasteiger charge is -2.20. The summed E-state index contributed by atoms with van der Waals surface area (Å²) in [5.74, 6) is 0.942. The van der Waals surface area contributed by atoms with Gasteiger partial charge in [-0.1, -0.05) is 0 Å². The van der Waals surface area contributed by atoms with E-state index in [-0.39, 0.29) is 11.9 Å². The molecule has 0 aromatic carbocycles. The van der Waals surface area contributed by atoms with Crippen molar-refractivity contribution in [1.82, 2.24) is 20.2 Å². The first-order valence-electron chi connectivity index (χ1n) is 5.11. The van der Waals surface area contributed by atoms with E-state index < -0.39 is 0 Å². The van der Waals surface area contributed by atoms with Gasteiger partial charge in [0.1, 0.15) is 5.82 Å². The van der Waals surface area contributed by atoms with Crippen LogP contribution in [0.25, 0.3) is 0 Å². The summed E-state index contributed by atoms with van der Waals surface area (Å²) in [6.07, 6.45) is 3.46. The maximum Gasteiger partial charge on any atom is 0.239 e. The van der Waals surface area contributed by atoms with Gasteiger partial charge in [-0.15, -0.1) is 0 Å². The number of H-pyrrole nitrogens is 1. The first-order valence-corrected chi connectivity index (χ1v) is 5.11. The third-order valence-electron chi connectivity index (χ3n) is 2.35. The number of aromatic nitrogens is 2. The fourth-order valence-corrected chi connectivity index (χ4v) is 1.22. The minimum Gasteiger partial charge on any atom is -0.348 e. The van der Waals surface area contributed by atoms with Crippen LogP contribution in [0, 0.1) is 0 Å². The Kier molecular flexibility index (Phi) is 4.30. The predicted molar refractivity (Wildman–Crippen MR) is 58.2 cm³/mol. The number of imidazole rings is 1. The van der Waals surface area contributed by atoms with Crippen molar-refractivity contribution in [2.75, 3.05) is 13.6 Å². The number of carbonyl (C=O) groups excluding carboxylic acids is 1. The van der Waals surface area contributed by atoms with Gasteiger partial charge >= 0.3 is 0 Å². The van der Waals surface area contributed by atoms with Gasteiger partial charge in [0.2, 0.25) is 5.91 Å². The van der Waals surface area contributed by atoms with Crippen molar-refractivity contribution < 1.29 is 4.79 Å². The van der Waals surface area contributed by atoms with Crippen LogP contribution in [-0.2, 0) is 11.3 Å². The van der Waals surface area contributed by atoms with E-state index in [9.17, 15) is 4.79 Å². The zero-order valence-electron chi connectivity index (χ0n) is 9.45. The highest BCUT2D eigenvalue weighted by Gasteiger charge is 2.15. The quantitative estimate of drug-likeness (QED) is 0.738. The summed E-state index contributed by atoms with van der Waals surface area (Å²) in [5.41, 5.74) is 0. The zero-order chi connectivity index (χ0) is 11.3. The van der Waals surface area contributed by atoms with Gasteiger partial charge in [-0.25, -0.2) is 4.98 Å². The van der Waals surface area contributed by atoms with Crippen molar-refractivity contribution in [2.24, 2.45) is 0 Å². The van der Waals surface area contributed by atoms with Crippen molar-refractivity contribution in [3.8, 4) is 0 Å². The Balaban J connectivity index is 2.35. The van der Waals surface area contributed by atoms with Gasteiger partial charge in [0.15, 0.2) is 0 Å². The molecule has 5 heteroatoms. The van der Waals surface area contributed by atoms with Gasteiger partial charge in [-0.05, 0) is 13.8 Å². The summed E-state index contributed by atoms with van der Waals surface area (Å²) in [6, 6.07) is -0.181. The van der Waals surface area contributed by atoms with E-state index in [2.05, 4.69) is 15.3 Å². The number of rotatable bonds is 5. The second-order valence-electron chi connectivity index (χ2n) is 3.49. The van der Waals surface area contributed by atoms with E-state index in [1.165, 1.54) is 0 Å². The van der Waals surface area contributed by atoms with E-state index in [0.29, 0.717) is 6.54 Å². The smallest absolute Gasteiger partial charge is 0.239 e. The molecule has 5 nitrogen and oxygen atoms in total. The molecule has 1 rings (SSSR count). The SMILES string of the molecule is CCN(C)C(=O)C(C)NCc1ncc[nH]1. The lowest BCUT2D eigenvalue weighted by molar-refractivity contribution is -0.131. The first-order chi connectivity index (χ1) is 7.15. The molecule has 0 bridgehead atoms. The van der Waals surface area contributed by atoms with Crippen molar-refractivity contribution in [2.45, 2.75) is 26.4 Å². The Labute approximate surface area is 89.9 Å². The molecule has 1 amide bonds. The number of nitrogens with zero attached hydrogens (tertiary/aromatic N) is 2. The van der Waals surface area contributed by atoms with Crippen LogP contribution in [0.3, 0.4) is 0 Å². The zero-order valence-corrected chi connectivity index (χ0v) is 9.45. The number of nitrogens with one attached hydrogen (secondary N) is 2. The monoisotopic (exact) mass is 210 g/mol. The molecule has 0 aliphatic rings. The second-order valence-corrected chi connectivity index (χ2v) is 3.49. The molecule has 0 saturated carbocycles. The van der Waals surface area contributed by atoms with Gasteiger partial charge in [0, 0.05) is 26.0 Å². The summed E-state index contributed by atoms with van der Waals surface area (Å²) in [7, 11) is 1.80. The van der Waals surface area contributed by atoms with Crippen LogP contribution in [0.1, 0.15) is 19.7 Å². The van der Waals surface area contributed by atoms with Gasteiger partial charge in [0.25, 0.3) is 0 Å². The normalized spacial score (nSPS) is 12.5. The van der Waals surface area contributed by atoms with Crippen molar-refractivity contribution >= 4 is 5.91 Å². The molecule has 0 aliphatic heterocycles. The highest BCUT2D eigenvalue weighted by molar-refractivity contribution is 5.81. The highest BCUT2D eigenvalue weighted by Crippen LogP contribution is 1.94. The minimum absolute atomic E-state index is 0.101. The fraction of sp³-hybridized carbons (Fsp3) is 0.600. The number of likely N-dealkylation sites (N-methyl/N-ethyl adjacent to an activating group) is 1. The number of amides is 1. The summed E-state index contributed by atoms with van der Waals surface area (Å²) < 4.78 is 0. The van der Waals surface area contributed by atoms with E-state index in [0.717, 1.165) is 12.4 Å². The number of carbonyl (C=O) groups is 1. The minimum atomic E-state index is -0.181. The maximum atomic E-state index is 11.7. The highest BCUT2D eigenvalue weighted by atomic mass is 16.2. The number of aromatic amines is 1. The Hall–Kier alpha value is -1.36. The molecule has 0 fully saturated rings. The third-order valence-corrected chi connectivity index (χ3v) is 2.35. The van der Waals surface area contributed by atoms with Crippen molar-refractivity contribution in [3.63, 3.8) is 0 Å². The van der Waals surface area contributed by atoms with Gasteiger partial charge in [0.05, 0.1) is 12.6 Å². The maximum absolute atomic E-state index is 11.7. The van der Waals surface area contributed by atoms with E-state index >= 15 is 0 Å². The van der Waals surface area contributed by atoms with Crippen LogP contribution in [-0.4, -0.2) is 40.4 Å². The van der Waals surface area contributed by atoms with Crippen molar-refractivity contribution in [1.29, 1.82) is 0 Å². The topological polar surface area (TPSA) is 61.0 Å². The molecule has 1 aromatic heterocycles. The molecular weight excluding hydrogens is 192 g/mol. The third kappa shape index (κ3) is 3.36. The van der Waals surface area contributed by atoms with E-state index in [1.54, 1.807) is 24.3 Å². The molecule has 2 N–H and O–H groups in total. The summed E-state index contributed by atoms with van der Waals surface area (Å²) >= 11 is 0. The van der Waals surface area contributed by atoms with Crippen molar-refractivity contribution in [3.05, 3.63) is 18.2 Å². The molecule has 1 heterocycles. The average Bonchev–Trinajstić information content (AvgIpc) is 2.76. The Morgan fingerprint density at radius 3 is 3.00 bits per heavy atom. The molecule has 1 unspecified atom stereocenters. The summed E-state index contributed by atoms with van der Waals surface area (Å²) in [5, 5.41) is 3.12. The van der Waals surface area contributed by atoms with Crippen LogP contribution < -0.4 is 5.32 Å². The Morgan fingerprint density at radius 1 is 1.73 bits per heavy atom. The Bertz CT molecular complexity index is 296. The molecule has 0 radical (unpaired) electrons. The van der Waals surface area contributed by atoms with Crippen LogP contribution in [0.15, 0.2) is 12.4 Å². The summed E-state index contributed by atoms with van der Waals surface area (Å²) in [4.78, 5) is 20.4. The molecule has 0 spiro atoms. The second kappa shape index (κ2) is 5.50. The summed E-state index contributed by atoms with van der Waals surface area (Å²) in [6.45, 7) is 5.12. The van der Waals surface area contributed by atoms with Crippen LogP contribution >= 0.6 is 0 Å². The lowest BCUT2D eigenvalue weighted by Crippen LogP contribution is -2.42. The van der Waals surface area contributed by atoms with Gasteiger partial charge in [-0.2, -0.15) is 0 Å². The standard InChI is InChI=1S/C10H18N4O/c1-4-14(3)10(15)8(2)13-7-9-11-5-6-12-9/h5-6,8,13H,4,7H2,1-3H3,(H,11,12). The molecule has 84 valence electrons. The predicted octanol–water partition coefficient (Wildman–Crippen LogP) is 0.366. The van der Waals surface area contributed by atoms with Crippen LogP contribution in [0.2, 0.25) is 0 Å². The largest absolute Gasteiger partial charge is 0.348 e. The van der Waals surface area contributed by atoms with E-state index in [4.69, 9.17) is 0 Å². The molecule has 0 saturated heterocycles. The molecular formula is C10H18N4O. The van der Waals surface area contributed by atoms with Crippen LogP contribution in [0.4, 0.5) is 0 Å². The molecule has 0 aliphatic carbocycles. The Morgan fingerprint density at radius 2 is 2.47 bits per heavy atom. The number of hydrogen-bond donors (Lipinski definition) is 2. The molecule has 1 aromatic rings. The molecule has 15 heavy (non-hydrogen) atoms. The van der Waals surface area contributed by atoms with Gasteiger partial charge < -0.3 is 9.88 Å². The average molecular weight is 210 g/mol. The van der Waals surface area contributed by atoms with E-state index in [1.807, 2.05) is 13.8 Å².